The Morgan fingerprint density at radius 2 is 2.12 bits per heavy atom. The summed E-state index contributed by atoms with van der Waals surface area (Å²) in [7, 11) is 1.58. The minimum atomic E-state index is -0.203. The maximum atomic E-state index is 12.7. The van der Waals surface area contributed by atoms with Gasteiger partial charge in [-0.15, -0.1) is 0 Å². The summed E-state index contributed by atoms with van der Waals surface area (Å²) in [6.45, 7) is 5.32. The number of ether oxygens (including phenoxy) is 1. The highest BCUT2D eigenvalue weighted by Crippen LogP contribution is 2.25. The normalized spacial score (nSPS) is 16.3. The van der Waals surface area contributed by atoms with Gasteiger partial charge in [-0.2, -0.15) is 0 Å². The summed E-state index contributed by atoms with van der Waals surface area (Å²) < 4.78 is 5.65. The van der Waals surface area contributed by atoms with Crippen molar-refractivity contribution in [2.45, 2.75) is 39.2 Å². The largest absolute Gasteiger partial charge is 0.364 e. The van der Waals surface area contributed by atoms with Gasteiger partial charge in [0, 0.05) is 32.3 Å². The van der Waals surface area contributed by atoms with Gasteiger partial charge in [0.05, 0.1) is 22.3 Å². The van der Waals surface area contributed by atoms with Gasteiger partial charge in [-0.05, 0) is 44.4 Å². The number of fused-ring (bicyclic) bond motifs is 1. The number of likely N-dealkylation sites (tertiary alicyclic amines) is 1. The average Bonchev–Trinajstić information content (AvgIpc) is 3.20. The standard InChI is InChI=1S/C23H28N6O3/c1-14-6-7-18-19(9-14)28-20(27-18)12-32-13-21(30)29-8-4-5-16(11-29)22-25-10-17(15(2)26-22)23(31)24-3/h6-7,9-10,16H,4-5,8,11-13H2,1-3H3,(H,24,31)(H,27,28)/t16-/m0/s1. The Kier molecular flexibility index (Phi) is 6.45. The van der Waals surface area contributed by atoms with Crippen LogP contribution in [-0.4, -0.2) is 63.4 Å². The maximum Gasteiger partial charge on any atom is 0.254 e. The molecule has 1 aliphatic heterocycles. The molecule has 2 amide bonds. The smallest absolute Gasteiger partial charge is 0.254 e. The number of carbonyl (C=O) groups is 2. The molecule has 0 bridgehead atoms. The molecule has 0 radical (unpaired) electrons. The molecular formula is C23H28N6O3. The zero-order valence-corrected chi connectivity index (χ0v) is 18.6. The van der Waals surface area contributed by atoms with Crippen LogP contribution >= 0.6 is 0 Å². The molecule has 168 valence electrons. The molecule has 1 aromatic carbocycles. The summed E-state index contributed by atoms with van der Waals surface area (Å²) in [6, 6.07) is 6.02. The number of hydrogen-bond acceptors (Lipinski definition) is 6. The van der Waals surface area contributed by atoms with Crippen LogP contribution in [0.1, 0.15) is 52.0 Å². The van der Waals surface area contributed by atoms with Crippen molar-refractivity contribution in [1.82, 2.24) is 30.2 Å². The van der Waals surface area contributed by atoms with Crippen LogP contribution in [-0.2, 0) is 16.1 Å². The number of piperidine rings is 1. The molecule has 9 heteroatoms. The third-order valence-corrected chi connectivity index (χ3v) is 5.76. The zero-order chi connectivity index (χ0) is 22.7. The molecule has 2 N–H and O–H groups in total. The van der Waals surface area contributed by atoms with Crippen molar-refractivity contribution in [2.75, 3.05) is 26.7 Å². The summed E-state index contributed by atoms with van der Waals surface area (Å²) in [5.74, 6) is 1.16. The number of aromatic amines is 1. The van der Waals surface area contributed by atoms with E-state index in [1.807, 2.05) is 30.0 Å². The lowest BCUT2D eigenvalue weighted by Gasteiger charge is -2.32. The van der Waals surface area contributed by atoms with E-state index < -0.39 is 0 Å². The van der Waals surface area contributed by atoms with Crippen LogP contribution in [0.4, 0.5) is 0 Å². The Labute approximate surface area is 186 Å². The highest BCUT2D eigenvalue weighted by atomic mass is 16.5. The first kappa shape index (κ1) is 21.9. The average molecular weight is 437 g/mol. The fraction of sp³-hybridized carbons (Fsp3) is 0.435. The number of H-pyrrole nitrogens is 1. The van der Waals surface area contributed by atoms with E-state index in [1.54, 1.807) is 20.2 Å². The molecule has 1 saturated heterocycles. The maximum absolute atomic E-state index is 12.7. The lowest BCUT2D eigenvalue weighted by molar-refractivity contribution is -0.137. The first-order valence-corrected chi connectivity index (χ1v) is 10.8. The quantitative estimate of drug-likeness (QED) is 0.613. The van der Waals surface area contributed by atoms with Crippen LogP contribution in [0.25, 0.3) is 11.0 Å². The number of aryl methyl sites for hydroxylation is 2. The Balaban J connectivity index is 1.33. The third-order valence-electron chi connectivity index (χ3n) is 5.76. The van der Waals surface area contributed by atoms with E-state index in [1.165, 1.54) is 0 Å². The van der Waals surface area contributed by atoms with Crippen molar-refractivity contribution < 1.29 is 14.3 Å². The predicted octanol–water partition coefficient (Wildman–Crippen LogP) is 2.25. The minimum absolute atomic E-state index is 0.00170. The van der Waals surface area contributed by atoms with Gasteiger partial charge in [-0.25, -0.2) is 15.0 Å². The SMILES string of the molecule is CNC(=O)c1cnc([C@H]2CCCN(C(=O)COCc3nc4ccc(C)cc4[nH]3)C2)nc1C. The molecule has 1 atom stereocenters. The molecule has 3 heterocycles. The van der Waals surface area contributed by atoms with Crippen molar-refractivity contribution in [3.05, 3.63) is 52.9 Å². The number of nitrogens with zero attached hydrogens (tertiary/aromatic N) is 4. The van der Waals surface area contributed by atoms with E-state index in [2.05, 4.69) is 25.3 Å². The molecule has 1 aliphatic rings. The molecule has 2 aromatic heterocycles. The second-order valence-corrected chi connectivity index (χ2v) is 8.18. The first-order chi connectivity index (χ1) is 15.4. The number of hydrogen-bond donors (Lipinski definition) is 2. The first-order valence-electron chi connectivity index (χ1n) is 10.8. The minimum Gasteiger partial charge on any atom is -0.364 e. The van der Waals surface area contributed by atoms with Crippen LogP contribution in [0.3, 0.4) is 0 Å². The fourth-order valence-corrected chi connectivity index (χ4v) is 4.02. The Bertz CT molecular complexity index is 1140. The zero-order valence-electron chi connectivity index (χ0n) is 18.6. The van der Waals surface area contributed by atoms with E-state index in [-0.39, 0.29) is 30.9 Å². The summed E-state index contributed by atoms with van der Waals surface area (Å²) >= 11 is 0. The number of rotatable bonds is 6. The number of imidazole rings is 1. The molecule has 0 saturated carbocycles. The van der Waals surface area contributed by atoms with Crippen LogP contribution in [0, 0.1) is 13.8 Å². The van der Waals surface area contributed by atoms with Crippen LogP contribution in [0.5, 0.6) is 0 Å². The summed E-state index contributed by atoms with van der Waals surface area (Å²) in [5.41, 5.74) is 4.12. The number of nitrogens with one attached hydrogen (secondary N) is 2. The molecule has 9 nitrogen and oxygen atoms in total. The van der Waals surface area contributed by atoms with Crippen LogP contribution < -0.4 is 5.32 Å². The molecule has 0 unspecified atom stereocenters. The number of benzene rings is 1. The molecule has 4 rings (SSSR count). The van der Waals surface area contributed by atoms with E-state index >= 15 is 0 Å². The van der Waals surface area contributed by atoms with Crippen molar-refractivity contribution in [1.29, 1.82) is 0 Å². The monoisotopic (exact) mass is 436 g/mol. The van der Waals surface area contributed by atoms with Gasteiger partial charge in [0.15, 0.2) is 0 Å². The number of amides is 2. The Morgan fingerprint density at radius 3 is 2.91 bits per heavy atom. The third kappa shape index (κ3) is 4.77. The van der Waals surface area contributed by atoms with Gasteiger partial charge < -0.3 is 19.9 Å². The molecule has 32 heavy (non-hydrogen) atoms. The molecule has 0 spiro atoms. The molecule has 3 aromatic rings. The summed E-state index contributed by atoms with van der Waals surface area (Å²) in [6.07, 6.45) is 3.34. The van der Waals surface area contributed by atoms with E-state index in [0.717, 1.165) is 29.4 Å². The van der Waals surface area contributed by atoms with E-state index in [9.17, 15) is 9.59 Å². The highest BCUT2D eigenvalue weighted by Gasteiger charge is 2.27. The van der Waals surface area contributed by atoms with Gasteiger partial charge in [-0.1, -0.05) is 6.07 Å². The van der Waals surface area contributed by atoms with Crippen molar-refractivity contribution in [3.63, 3.8) is 0 Å². The summed E-state index contributed by atoms with van der Waals surface area (Å²) in [4.78, 5) is 43.1. The van der Waals surface area contributed by atoms with Crippen molar-refractivity contribution in [2.24, 2.45) is 0 Å². The molecule has 1 fully saturated rings. The van der Waals surface area contributed by atoms with Crippen LogP contribution in [0.15, 0.2) is 24.4 Å². The highest BCUT2D eigenvalue weighted by molar-refractivity contribution is 5.94. The predicted molar refractivity (Wildman–Crippen MR) is 119 cm³/mol. The van der Waals surface area contributed by atoms with Crippen molar-refractivity contribution in [3.8, 4) is 0 Å². The topological polar surface area (TPSA) is 113 Å². The lowest BCUT2D eigenvalue weighted by atomic mass is 9.97. The second-order valence-electron chi connectivity index (χ2n) is 8.18. The van der Waals surface area contributed by atoms with Gasteiger partial charge in [0.25, 0.3) is 5.91 Å². The van der Waals surface area contributed by atoms with Gasteiger partial charge in [-0.3, -0.25) is 9.59 Å². The van der Waals surface area contributed by atoms with Gasteiger partial charge in [0.1, 0.15) is 24.9 Å². The lowest BCUT2D eigenvalue weighted by Crippen LogP contribution is -2.41. The Morgan fingerprint density at radius 1 is 1.28 bits per heavy atom. The second kappa shape index (κ2) is 9.44. The fourth-order valence-electron chi connectivity index (χ4n) is 4.02. The van der Waals surface area contributed by atoms with E-state index in [4.69, 9.17) is 4.74 Å². The summed E-state index contributed by atoms with van der Waals surface area (Å²) in [5, 5.41) is 2.59. The van der Waals surface area contributed by atoms with Crippen molar-refractivity contribution >= 4 is 22.8 Å². The Hall–Kier alpha value is -3.33. The molecule has 0 aliphatic carbocycles. The van der Waals surface area contributed by atoms with Gasteiger partial charge >= 0.3 is 0 Å². The van der Waals surface area contributed by atoms with E-state index in [0.29, 0.717) is 36.0 Å². The van der Waals surface area contributed by atoms with Gasteiger partial charge in [0.2, 0.25) is 5.91 Å². The van der Waals surface area contributed by atoms with Crippen LogP contribution in [0.2, 0.25) is 0 Å². The molecular weight excluding hydrogens is 408 g/mol. The number of carbonyl (C=O) groups excluding carboxylic acids is 2. The number of aromatic nitrogens is 4.